The van der Waals surface area contributed by atoms with E-state index in [2.05, 4.69) is 15.3 Å². The van der Waals surface area contributed by atoms with E-state index >= 15 is 0 Å². The monoisotopic (exact) mass is 261 g/mol. The van der Waals surface area contributed by atoms with Crippen molar-refractivity contribution in [1.82, 2.24) is 19.1 Å². The van der Waals surface area contributed by atoms with Gasteiger partial charge >= 0.3 is 0 Å². The second kappa shape index (κ2) is 6.17. The molecule has 102 valence electrons. The first-order valence-corrected chi connectivity index (χ1v) is 6.48. The number of nitrogens with one attached hydrogen (secondary N) is 1. The number of hydrogen-bond donors (Lipinski definition) is 1. The van der Waals surface area contributed by atoms with Crippen LogP contribution in [-0.2, 0) is 13.1 Å². The van der Waals surface area contributed by atoms with Crippen LogP contribution in [-0.4, -0.2) is 25.1 Å². The van der Waals surface area contributed by atoms with E-state index in [-0.39, 0.29) is 11.6 Å². The Kier molecular flexibility index (Phi) is 4.33. The Morgan fingerprint density at radius 3 is 2.89 bits per heavy atom. The topological polar surface area (TPSA) is 64.7 Å². The van der Waals surface area contributed by atoms with Crippen molar-refractivity contribution in [2.75, 3.05) is 5.32 Å². The second-order valence-electron chi connectivity index (χ2n) is 4.58. The number of imidazole rings is 1. The SMILES string of the molecule is CCCn1ccnc(NC(C)Cn2ccnc2)c1=O. The summed E-state index contributed by atoms with van der Waals surface area (Å²) in [7, 11) is 0. The Labute approximate surface area is 112 Å². The van der Waals surface area contributed by atoms with Crippen LogP contribution < -0.4 is 10.9 Å². The molecule has 0 spiro atoms. The molecule has 0 amide bonds. The maximum atomic E-state index is 12.1. The molecule has 2 heterocycles. The number of rotatable bonds is 6. The van der Waals surface area contributed by atoms with Crippen LogP contribution in [0.3, 0.4) is 0 Å². The summed E-state index contributed by atoms with van der Waals surface area (Å²) in [5.41, 5.74) is -0.0677. The van der Waals surface area contributed by atoms with E-state index in [1.165, 1.54) is 0 Å². The number of aryl methyl sites for hydroxylation is 1. The van der Waals surface area contributed by atoms with Crippen LogP contribution in [0, 0.1) is 0 Å². The Morgan fingerprint density at radius 1 is 1.37 bits per heavy atom. The van der Waals surface area contributed by atoms with Crippen molar-refractivity contribution >= 4 is 5.82 Å². The van der Waals surface area contributed by atoms with Gasteiger partial charge in [-0.3, -0.25) is 4.79 Å². The zero-order chi connectivity index (χ0) is 13.7. The molecule has 6 heteroatoms. The predicted molar refractivity (Wildman–Crippen MR) is 74.1 cm³/mol. The highest BCUT2D eigenvalue weighted by Crippen LogP contribution is 2.00. The quantitative estimate of drug-likeness (QED) is 0.852. The third kappa shape index (κ3) is 3.43. The standard InChI is InChI=1S/C13H19N5O/c1-3-6-18-8-5-15-12(13(18)19)16-11(2)9-17-7-4-14-10-17/h4-5,7-8,10-11H,3,6,9H2,1-2H3,(H,15,16). The lowest BCUT2D eigenvalue weighted by molar-refractivity contribution is 0.609. The molecule has 1 atom stereocenters. The van der Waals surface area contributed by atoms with Crippen molar-refractivity contribution in [2.24, 2.45) is 0 Å². The van der Waals surface area contributed by atoms with Gasteiger partial charge in [-0.2, -0.15) is 0 Å². The maximum Gasteiger partial charge on any atom is 0.293 e. The minimum Gasteiger partial charge on any atom is -0.361 e. The molecule has 0 saturated heterocycles. The lowest BCUT2D eigenvalue weighted by atomic mass is 10.3. The fourth-order valence-electron chi connectivity index (χ4n) is 1.95. The van der Waals surface area contributed by atoms with Crippen LogP contribution in [0.5, 0.6) is 0 Å². The van der Waals surface area contributed by atoms with Gasteiger partial charge in [-0.25, -0.2) is 9.97 Å². The first-order chi connectivity index (χ1) is 9.20. The molecule has 2 aromatic rings. The Hall–Kier alpha value is -2.11. The zero-order valence-electron chi connectivity index (χ0n) is 11.3. The molecule has 0 fully saturated rings. The Bertz CT molecular complexity index is 561. The Balaban J connectivity index is 2.06. The molecule has 0 aliphatic rings. The van der Waals surface area contributed by atoms with Crippen LogP contribution >= 0.6 is 0 Å². The molecule has 0 saturated carbocycles. The van der Waals surface area contributed by atoms with Gasteiger partial charge in [0.2, 0.25) is 0 Å². The lowest BCUT2D eigenvalue weighted by Crippen LogP contribution is -2.29. The van der Waals surface area contributed by atoms with Crippen LogP contribution in [0.4, 0.5) is 5.82 Å². The van der Waals surface area contributed by atoms with E-state index in [4.69, 9.17) is 0 Å². The lowest BCUT2D eigenvalue weighted by Gasteiger charge is -2.15. The first-order valence-electron chi connectivity index (χ1n) is 6.48. The molecule has 1 N–H and O–H groups in total. The highest BCUT2D eigenvalue weighted by Gasteiger charge is 2.08. The zero-order valence-corrected chi connectivity index (χ0v) is 11.3. The summed E-state index contributed by atoms with van der Waals surface area (Å²) in [6, 6.07) is 0.104. The van der Waals surface area contributed by atoms with E-state index in [1.54, 1.807) is 29.5 Å². The molecule has 0 radical (unpaired) electrons. The summed E-state index contributed by atoms with van der Waals surface area (Å²) in [6.45, 7) is 5.51. The molecule has 2 aromatic heterocycles. The summed E-state index contributed by atoms with van der Waals surface area (Å²) < 4.78 is 3.64. The largest absolute Gasteiger partial charge is 0.361 e. The van der Waals surface area contributed by atoms with Gasteiger partial charge < -0.3 is 14.5 Å². The summed E-state index contributed by atoms with van der Waals surface area (Å²) in [6.07, 6.45) is 9.69. The van der Waals surface area contributed by atoms with Gasteiger partial charge in [-0.05, 0) is 13.3 Å². The van der Waals surface area contributed by atoms with Crippen LogP contribution in [0.1, 0.15) is 20.3 Å². The van der Waals surface area contributed by atoms with Crippen molar-refractivity contribution in [3.8, 4) is 0 Å². The summed E-state index contributed by atoms with van der Waals surface area (Å²) >= 11 is 0. The average molecular weight is 261 g/mol. The molecule has 0 aliphatic carbocycles. The maximum absolute atomic E-state index is 12.1. The first kappa shape index (κ1) is 13.3. The molecule has 19 heavy (non-hydrogen) atoms. The highest BCUT2D eigenvalue weighted by atomic mass is 16.1. The average Bonchev–Trinajstić information content (AvgIpc) is 2.87. The minimum atomic E-state index is -0.0677. The van der Waals surface area contributed by atoms with Crippen LogP contribution in [0.15, 0.2) is 35.9 Å². The summed E-state index contributed by atoms with van der Waals surface area (Å²) in [4.78, 5) is 20.2. The smallest absolute Gasteiger partial charge is 0.293 e. The number of anilines is 1. The molecule has 0 aliphatic heterocycles. The van der Waals surface area contributed by atoms with Gasteiger partial charge in [0.1, 0.15) is 0 Å². The summed E-state index contributed by atoms with van der Waals surface area (Å²) in [5.74, 6) is 0.406. The van der Waals surface area contributed by atoms with Crippen LogP contribution in [0.2, 0.25) is 0 Å². The highest BCUT2D eigenvalue weighted by molar-refractivity contribution is 5.31. The van der Waals surface area contributed by atoms with E-state index < -0.39 is 0 Å². The van der Waals surface area contributed by atoms with Gasteiger partial charge in [0.25, 0.3) is 5.56 Å². The number of nitrogens with zero attached hydrogens (tertiary/aromatic N) is 4. The third-order valence-electron chi connectivity index (χ3n) is 2.81. The molecular formula is C13H19N5O. The number of aromatic nitrogens is 4. The molecule has 2 rings (SSSR count). The predicted octanol–water partition coefficient (Wildman–Crippen LogP) is 1.35. The number of hydrogen-bond acceptors (Lipinski definition) is 4. The van der Waals surface area contributed by atoms with Gasteiger partial charge in [-0.15, -0.1) is 0 Å². The molecule has 6 nitrogen and oxygen atoms in total. The molecule has 0 bridgehead atoms. The second-order valence-corrected chi connectivity index (χ2v) is 4.58. The van der Waals surface area contributed by atoms with Crippen molar-refractivity contribution in [3.63, 3.8) is 0 Å². The van der Waals surface area contributed by atoms with E-state index in [9.17, 15) is 4.79 Å². The van der Waals surface area contributed by atoms with Gasteiger partial charge in [0.15, 0.2) is 5.82 Å². The fourth-order valence-corrected chi connectivity index (χ4v) is 1.95. The Morgan fingerprint density at radius 2 is 2.21 bits per heavy atom. The summed E-state index contributed by atoms with van der Waals surface area (Å²) in [5, 5.41) is 3.15. The van der Waals surface area contributed by atoms with E-state index in [0.29, 0.717) is 12.4 Å². The van der Waals surface area contributed by atoms with E-state index in [0.717, 1.165) is 13.0 Å². The molecule has 0 aromatic carbocycles. The van der Waals surface area contributed by atoms with Crippen molar-refractivity contribution < 1.29 is 0 Å². The van der Waals surface area contributed by atoms with Crippen molar-refractivity contribution in [1.29, 1.82) is 0 Å². The van der Waals surface area contributed by atoms with Gasteiger partial charge in [0.05, 0.1) is 6.33 Å². The van der Waals surface area contributed by atoms with Crippen LogP contribution in [0.25, 0.3) is 0 Å². The molecule has 1 unspecified atom stereocenters. The third-order valence-corrected chi connectivity index (χ3v) is 2.81. The van der Waals surface area contributed by atoms with Gasteiger partial charge in [0, 0.05) is 43.9 Å². The van der Waals surface area contributed by atoms with E-state index in [1.807, 2.05) is 24.6 Å². The van der Waals surface area contributed by atoms with Gasteiger partial charge in [-0.1, -0.05) is 6.92 Å². The molecular weight excluding hydrogens is 242 g/mol. The van der Waals surface area contributed by atoms with Crippen molar-refractivity contribution in [3.05, 3.63) is 41.5 Å². The fraction of sp³-hybridized carbons (Fsp3) is 0.462. The minimum absolute atomic E-state index is 0.0677. The normalized spacial score (nSPS) is 12.3. The van der Waals surface area contributed by atoms with Crippen molar-refractivity contribution in [2.45, 2.75) is 39.4 Å².